The van der Waals surface area contributed by atoms with Crippen LogP contribution in [-0.2, 0) is 4.79 Å². The van der Waals surface area contributed by atoms with Crippen LogP contribution in [0.3, 0.4) is 0 Å². The van der Waals surface area contributed by atoms with E-state index in [0.717, 1.165) is 17.8 Å². The van der Waals surface area contributed by atoms with Gasteiger partial charge in [-0.2, -0.15) is 0 Å². The van der Waals surface area contributed by atoms with Crippen molar-refractivity contribution < 1.29 is 9.21 Å². The van der Waals surface area contributed by atoms with Crippen LogP contribution >= 0.6 is 0 Å². The lowest BCUT2D eigenvalue weighted by molar-refractivity contribution is -0.108. The number of hydrogen-bond donors (Lipinski definition) is 0. The molecular formula is C9H12O2. The number of rotatable bonds is 3. The van der Waals surface area contributed by atoms with Gasteiger partial charge in [-0.15, -0.1) is 0 Å². The second kappa shape index (κ2) is 3.37. The van der Waals surface area contributed by atoms with Crippen molar-refractivity contribution in [1.82, 2.24) is 0 Å². The van der Waals surface area contributed by atoms with Gasteiger partial charge in [0.05, 0.1) is 0 Å². The molecule has 60 valence electrons. The quantitative estimate of drug-likeness (QED) is 0.622. The molecule has 0 aliphatic rings. The summed E-state index contributed by atoms with van der Waals surface area (Å²) >= 11 is 0. The van der Waals surface area contributed by atoms with Gasteiger partial charge in [-0.05, 0) is 19.1 Å². The zero-order chi connectivity index (χ0) is 8.27. The fraction of sp³-hybridized carbons (Fsp3) is 0.444. The van der Waals surface area contributed by atoms with Gasteiger partial charge in [-0.1, -0.05) is 6.92 Å². The van der Waals surface area contributed by atoms with Crippen LogP contribution in [0.5, 0.6) is 0 Å². The molecular weight excluding hydrogens is 140 g/mol. The number of aldehydes is 1. The van der Waals surface area contributed by atoms with E-state index in [-0.39, 0.29) is 5.92 Å². The largest absolute Gasteiger partial charge is 0.466 e. The molecule has 0 fully saturated rings. The number of furan rings is 1. The van der Waals surface area contributed by atoms with Gasteiger partial charge in [0.2, 0.25) is 0 Å². The number of aryl methyl sites for hydroxylation is 1. The zero-order valence-electron chi connectivity index (χ0n) is 6.83. The second-order valence-electron chi connectivity index (χ2n) is 2.75. The Morgan fingerprint density at radius 1 is 1.64 bits per heavy atom. The lowest BCUT2D eigenvalue weighted by Gasteiger charge is -2.01. The normalized spacial score (nSPS) is 12.9. The molecule has 1 aromatic heterocycles. The highest BCUT2D eigenvalue weighted by Crippen LogP contribution is 2.19. The average Bonchev–Trinajstić information content (AvgIpc) is 2.36. The third kappa shape index (κ3) is 1.93. The first kappa shape index (κ1) is 8.05. The first-order valence-corrected chi connectivity index (χ1v) is 3.74. The molecule has 11 heavy (non-hydrogen) atoms. The summed E-state index contributed by atoms with van der Waals surface area (Å²) in [5.41, 5.74) is 0. The van der Waals surface area contributed by atoms with E-state index in [2.05, 4.69) is 0 Å². The van der Waals surface area contributed by atoms with E-state index in [4.69, 9.17) is 4.42 Å². The maximum absolute atomic E-state index is 10.2. The molecule has 0 spiro atoms. The van der Waals surface area contributed by atoms with Crippen LogP contribution in [0.2, 0.25) is 0 Å². The van der Waals surface area contributed by atoms with Crippen LogP contribution in [0.25, 0.3) is 0 Å². The number of hydrogen-bond acceptors (Lipinski definition) is 2. The topological polar surface area (TPSA) is 30.2 Å². The first-order chi connectivity index (χ1) is 5.24. The Labute approximate surface area is 66.2 Å². The summed E-state index contributed by atoms with van der Waals surface area (Å²) in [7, 11) is 0. The Morgan fingerprint density at radius 3 is 2.82 bits per heavy atom. The molecule has 0 saturated carbocycles. The zero-order valence-corrected chi connectivity index (χ0v) is 6.83. The van der Waals surface area contributed by atoms with Gasteiger partial charge in [0.25, 0.3) is 0 Å². The smallest absolute Gasteiger partial charge is 0.120 e. The maximum atomic E-state index is 10.2. The van der Waals surface area contributed by atoms with Crippen molar-refractivity contribution >= 4 is 6.29 Å². The van der Waals surface area contributed by atoms with Gasteiger partial charge in [-0.25, -0.2) is 0 Å². The molecule has 0 aromatic carbocycles. The van der Waals surface area contributed by atoms with E-state index in [1.165, 1.54) is 0 Å². The fourth-order valence-electron chi connectivity index (χ4n) is 0.979. The van der Waals surface area contributed by atoms with Crippen LogP contribution in [-0.4, -0.2) is 6.29 Å². The van der Waals surface area contributed by atoms with Gasteiger partial charge >= 0.3 is 0 Å². The van der Waals surface area contributed by atoms with Crippen LogP contribution in [0, 0.1) is 6.92 Å². The molecule has 1 unspecified atom stereocenters. The molecule has 0 amide bonds. The molecule has 1 aromatic rings. The molecule has 0 bridgehead atoms. The Balaban J connectivity index is 2.67. The van der Waals surface area contributed by atoms with Gasteiger partial charge < -0.3 is 9.21 Å². The van der Waals surface area contributed by atoms with E-state index in [9.17, 15) is 4.79 Å². The van der Waals surface area contributed by atoms with Crippen LogP contribution in [0.4, 0.5) is 0 Å². The fourth-order valence-corrected chi connectivity index (χ4v) is 0.979. The Bertz CT molecular complexity index is 237. The lowest BCUT2D eigenvalue weighted by atomic mass is 10.1. The molecule has 0 saturated heterocycles. The molecule has 0 radical (unpaired) electrons. The maximum Gasteiger partial charge on any atom is 0.120 e. The minimum Gasteiger partial charge on any atom is -0.466 e. The molecule has 0 aliphatic heterocycles. The Kier molecular flexibility index (Phi) is 2.47. The monoisotopic (exact) mass is 152 g/mol. The summed E-state index contributed by atoms with van der Waals surface area (Å²) < 4.78 is 5.34. The third-order valence-corrected chi connectivity index (χ3v) is 1.70. The van der Waals surface area contributed by atoms with Gasteiger partial charge in [0.15, 0.2) is 0 Å². The van der Waals surface area contributed by atoms with Crippen molar-refractivity contribution in [1.29, 1.82) is 0 Å². The van der Waals surface area contributed by atoms with Crippen molar-refractivity contribution in [3.8, 4) is 0 Å². The molecule has 2 heteroatoms. The Morgan fingerprint density at radius 2 is 2.36 bits per heavy atom. The SMILES string of the molecule is Cc1ccc(C(C)CC=O)o1. The minimum absolute atomic E-state index is 0.209. The van der Waals surface area contributed by atoms with E-state index in [1.807, 2.05) is 26.0 Å². The predicted molar refractivity (Wildman–Crippen MR) is 42.5 cm³/mol. The van der Waals surface area contributed by atoms with Crippen molar-refractivity contribution in [3.05, 3.63) is 23.7 Å². The number of carbonyl (C=O) groups excluding carboxylic acids is 1. The highest BCUT2D eigenvalue weighted by atomic mass is 16.3. The van der Waals surface area contributed by atoms with Gasteiger partial charge in [0, 0.05) is 12.3 Å². The molecule has 1 atom stereocenters. The Hall–Kier alpha value is -1.05. The molecule has 0 aliphatic carbocycles. The molecule has 1 heterocycles. The highest BCUT2D eigenvalue weighted by molar-refractivity contribution is 5.50. The van der Waals surface area contributed by atoms with Crippen LogP contribution in [0.1, 0.15) is 30.8 Å². The first-order valence-electron chi connectivity index (χ1n) is 3.74. The van der Waals surface area contributed by atoms with Crippen LogP contribution in [0.15, 0.2) is 16.5 Å². The second-order valence-corrected chi connectivity index (χ2v) is 2.75. The van der Waals surface area contributed by atoms with Crippen LogP contribution < -0.4 is 0 Å². The molecule has 1 rings (SSSR count). The number of carbonyl (C=O) groups is 1. The van der Waals surface area contributed by atoms with E-state index in [0.29, 0.717) is 6.42 Å². The van der Waals surface area contributed by atoms with Crippen molar-refractivity contribution in [2.45, 2.75) is 26.2 Å². The standard InChI is InChI=1S/C9H12O2/c1-7(5-6-10)9-4-3-8(2)11-9/h3-4,6-7H,5H2,1-2H3. The summed E-state index contributed by atoms with van der Waals surface area (Å²) in [5.74, 6) is 2.01. The van der Waals surface area contributed by atoms with E-state index >= 15 is 0 Å². The summed E-state index contributed by atoms with van der Waals surface area (Å²) in [4.78, 5) is 10.2. The third-order valence-electron chi connectivity index (χ3n) is 1.70. The van der Waals surface area contributed by atoms with Gasteiger partial charge in [-0.3, -0.25) is 0 Å². The minimum atomic E-state index is 0.209. The van der Waals surface area contributed by atoms with Crippen molar-refractivity contribution in [3.63, 3.8) is 0 Å². The summed E-state index contributed by atoms with van der Waals surface area (Å²) in [6, 6.07) is 3.83. The van der Waals surface area contributed by atoms with Crippen molar-refractivity contribution in [2.24, 2.45) is 0 Å². The highest BCUT2D eigenvalue weighted by Gasteiger charge is 2.07. The van der Waals surface area contributed by atoms with E-state index < -0.39 is 0 Å². The molecule has 2 nitrogen and oxygen atoms in total. The van der Waals surface area contributed by atoms with Crippen molar-refractivity contribution in [2.75, 3.05) is 0 Å². The lowest BCUT2D eigenvalue weighted by Crippen LogP contribution is -1.90. The summed E-state index contributed by atoms with van der Waals surface area (Å²) in [6.45, 7) is 3.88. The summed E-state index contributed by atoms with van der Waals surface area (Å²) in [6.07, 6.45) is 1.45. The average molecular weight is 152 g/mol. The molecule has 0 N–H and O–H groups in total. The summed E-state index contributed by atoms with van der Waals surface area (Å²) in [5, 5.41) is 0. The van der Waals surface area contributed by atoms with E-state index in [1.54, 1.807) is 0 Å². The van der Waals surface area contributed by atoms with Gasteiger partial charge in [0.1, 0.15) is 17.8 Å². The predicted octanol–water partition coefficient (Wildman–Crippen LogP) is 2.28.